The molecular weight excluding hydrogens is 624 g/mol. The van der Waals surface area contributed by atoms with Gasteiger partial charge in [-0.05, 0) is 86.0 Å². The number of nitrogens with one attached hydrogen (secondary N) is 1. The molecule has 3 N–H and O–H groups in total. The highest BCUT2D eigenvalue weighted by molar-refractivity contribution is 7.99. The van der Waals surface area contributed by atoms with E-state index in [1.165, 1.54) is 30.0 Å². The monoisotopic (exact) mass is 654 g/mol. The second-order valence-corrected chi connectivity index (χ2v) is 11.4. The van der Waals surface area contributed by atoms with Crippen LogP contribution < -0.4 is 5.32 Å². The zero-order valence-electron chi connectivity index (χ0n) is 24.2. The number of carboxylic acids is 2. The molecule has 1 aliphatic rings. The average Bonchev–Trinajstić information content (AvgIpc) is 3.02. The lowest BCUT2D eigenvalue weighted by atomic mass is 9.78. The number of carboxylic acid groups (broad SMARTS) is 2. The first-order valence-electron chi connectivity index (χ1n) is 13.9. The molecule has 0 aliphatic heterocycles. The average molecular weight is 655 g/mol. The van der Waals surface area contributed by atoms with E-state index < -0.39 is 34.7 Å². The summed E-state index contributed by atoms with van der Waals surface area (Å²) in [7, 11) is 0. The number of amides is 1. The van der Waals surface area contributed by atoms with Crippen molar-refractivity contribution in [2.24, 2.45) is 11.8 Å². The molecule has 0 spiro atoms. The zero-order valence-corrected chi connectivity index (χ0v) is 25.8. The molecule has 1 aliphatic carbocycles. The number of non-ortho nitro benzene ring substituents is 1. The van der Waals surface area contributed by atoms with E-state index in [1.807, 2.05) is 12.1 Å². The number of esters is 1. The SMILES string of the molecule is CCOC(=O)c1ccc(NC(=O)[C@H]2CCCC[C@H]2C(=O)O)cc1.O=C(O)C=Cc1cc([N+](=O)[O-])ccc1Sc1ccc(Cl)cc1. The van der Waals surface area contributed by atoms with Gasteiger partial charge in [-0.3, -0.25) is 19.7 Å². The van der Waals surface area contributed by atoms with Gasteiger partial charge in [-0.15, -0.1) is 0 Å². The third-order valence-electron chi connectivity index (χ3n) is 6.73. The van der Waals surface area contributed by atoms with E-state index >= 15 is 0 Å². The fraction of sp³-hybridized carbons (Fsp3) is 0.250. The van der Waals surface area contributed by atoms with Gasteiger partial charge in [0.2, 0.25) is 5.91 Å². The Morgan fingerprint density at radius 1 is 1.00 bits per heavy atom. The van der Waals surface area contributed by atoms with Gasteiger partial charge in [0.05, 0.1) is 28.9 Å². The van der Waals surface area contributed by atoms with Crippen LogP contribution in [-0.2, 0) is 19.1 Å². The number of nitro groups is 1. The van der Waals surface area contributed by atoms with Gasteiger partial charge in [0.15, 0.2) is 0 Å². The Labute approximate surface area is 268 Å². The Morgan fingerprint density at radius 3 is 2.22 bits per heavy atom. The Balaban J connectivity index is 0.000000246. The Hall–Kier alpha value is -4.68. The predicted molar refractivity (Wildman–Crippen MR) is 169 cm³/mol. The number of halogens is 1. The number of ether oxygens (including phenoxy) is 1. The molecule has 0 unspecified atom stereocenters. The van der Waals surface area contributed by atoms with Crippen LogP contribution in [-0.4, -0.2) is 45.6 Å². The molecule has 45 heavy (non-hydrogen) atoms. The van der Waals surface area contributed by atoms with Crippen LogP contribution in [0.1, 0.15) is 48.5 Å². The van der Waals surface area contributed by atoms with Crippen LogP contribution in [0.4, 0.5) is 11.4 Å². The largest absolute Gasteiger partial charge is 0.481 e. The quantitative estimate of drug-likeness (QED) is 0.0878. The predicted octanol–water partition coefficient (Wildman–Crippen LogP) is 7.19. The smallest absolute Gasteiger partial charge is 0.338 e. The van der Waals surface area contributed by atoms with Gasteiger partial charge in [0.25, 0.3) is 5.69 Å². The van der Waals surface area contributed by atoms with Crippen LogP contribution in [0.3, 0.4) is 0 Å². The van der Waals surface area contributed by atoms with Crippen LogP contribution in [0.2, 0.25) is 5.02 Å². The zero-order chi connectivity index (χ0) is 32.9. The number of carbonyl (C=O) groups excluding carboxylic acids is 2. The van der Waals surface area contributed by atoms with Crippen molar-refractivity contribution in [1.82, 2.24) is 0 Å². The van der Waals surface area contributed by atoms with Crippen molar-refractivity contribution >= 4 is 64.6 Å². The van der Waals surface area contributed by atoms with Crippen molar-refractivity contribution in [3.63, 3.8) is 0 Å². The second kappa shape index (κ2) is 17.0. The second-order valence-electron chi connectivity index (χ2n) is 9.83. The third-order valence-corrected chi connectivity index (χ3v) is 8.09. The van der Waals surface area contributed by atoms with Crippen LogP contribution in [0.25, 0.3) is 6.08 Å². The lowest BCUT2D eigenvalue weighted by Gasteiger charge is -2.27. The highest BCUT2D eigenvalue weighted by Gasteiger charge is 2.35. The summed E-state index contributed by atoms with van der Waals surface area (Å²) in [6.07, 6.45) is 5.12. The molecule has 1 amide bonds. The van der Waals surface area contributed by atoms with Gasteiger partial charge in [-0.1, -0.05) is 36.2 Å². The van der Waals surface area contributed by atoms with Gasteiger partial charge in [-0.25, -0.2) is 9.59 Å². The number of hydrogen-bond donors (Lipinski definition) is 3. The Kier molecular flexibility index (Phi) is 13.1. The van der Waals surface area contributed by atoms with Crippen molar-refractivity contribution in [1.29, 1.82) is 0 Å². The van der Waals surface area contributed by atoms with Gasteiger partial charge in [-0.2, -0.15) is 0 Å². The standard InChI is InChI=1S/C17H21NO5.C15H10ClNO4S/c1-2-23-17(22)11-7-9-12(10-8-11)18-15(19)13-5-3-4-6-14(13)16(20)21;16-11-2-5-13(6-3-11)22-14-7-4-12(17(20)21)9-10(14)1-8-15(18)19/h7-10,13-14H,2-6H2,1H3,(H,18,19)(H,20,21);1-9H,(H,18,19)/t13-,14+;/m0./s1. The van der Waals surface area contributed by atoms with Crippen molar-refractivity contribution in [2.45, 2.75) is 42.4 Å². The van der Waals surface area contributed by atoms with Crippen LogP contribution in [0, 0.1) is 22.0 Å². The topological polar surface area (TPSA) is 173 Å². The summed E-state index contributed by atoms with van der Waals surface area (Å²) >= 11 is 7.20. The fourth-order valence-electron chi connectivity index (χ4n) is 4.54. The molecule has 0 aromatic heterocycles. The number of nitro benzene ring substituents is 1. The number of nitrogens with zero attached hydrogens (tertiary/aromatic N) is 1. The Bertz CT molecular complexity index is 1560. The summed E-state index contributed by atoms with van der Waals surface area (Å²) in [5.74, 6) is -3.85. The molecule has 1 saturated carbocycles. The molecule has 3 aromatic carbocycles. The van der Waals surface area contributed by atoms with Crippen LogP contribution in [0.5, 0.6) is 0 Å². The maximum atomic E-state index is 12.3. The third kappa shape index (κ3) is 10.8. The van der Waals surface area contributed by atoms with E-state index in [0.29, 0.717) is 46.2 Å². The molecule has 0 heterocycles. The van der Waals surface area contributed by atoms with Crippen molar-refractivity contribution in [3.05, 3.63) is 99.1 Å². The van der Waals surface area contributed by atoms with Crippen molar-refractivity contribution < 1.29 is 39.1 Å². The fourth-order valence-corrected chi connectivity index (χ4v) is 5.58. The maximum absolute atomic E-state index is 12.3. The summed E-state index contributed by atoms with van der Waals surface area (Å²) in [4.78, 5) is 57.8. The minimum Gasteiger partial charge on any atom is -0.481 e. The summed E-state index contributed by atoms with van der Waals surface area (Å²) in [5, 5.41) is 32.2. The van der Waals surface area contributed by atoms with E-state index in [2.05, 4.69) is 5.32 Å². The van der Waals surface area contributed by atoms with Crippen molar-refractivity contribution in [3.8, 4) is 0 Å². The number of carbonyl (C=O) groups is 4. The lowest BCUT2D eigenvalue weighted by molar-refractivity contribution is -0.384. The molecule has 4 rings (SSSR count). The molecule has 3 aromatic rings. The van der Waals surface area contributed by atoms with E-state index in [9.17, 15) is 34.4 Å². The van der Waals surface area contributed by atoms with Gasteiger partial charge in [0.1, 0.15) is 0 Å². The number of anilines is 1. The lowest BCUT2D eigenvalue weighted by Crippen LogP contribution is -2.36. The summed E-state index contributed by atoms with van der Waals surface area (Å²) in [5.41, 5.74) is 1.32. The normalized spacial score (nSPS) is 15.8. The van der Waals surface area contributed by atoms with E-state index in [4.69, 9.17) is 21.4 Å². The van der Waals surface area contributed by atoms with E-state index in [1.54, 1.807) is 49.4 Å². The maximum Gasteiger partial charge on any atom is 0.338 e. The minimum absolute atomic E-state index is 0.0921. The molecule has 0 radical (unpaired) electrons. The minimum atomic E-state index is -1.12. The number of aliphatic carboxylic acids is 2. The first kappa shape index (κ1) is 34.8. The van der Waals surface area contributed by atoms with Crippen LogP contribution >= 0.6 is 23.4 Å². The first-order chi connectivity index (χ1) is 21.5. The van der Waals surface area contributed by atoms with Crippen molar-refractivity contribution in [2.75, 3.05) is 11.9 Å². The summed E-state index contributed by atoms with van der Waals surface area (Å²) < 4.78 is 4.89. The number of benzene rings is 3. The van der Waals surface area contributed by atoms with Crippen LogP contribution in [0.15, 0.2) is 82.6 Å². The highest BCUT2D eigenvalue weighted by Crippen LogP contribution is 2.34. The van der Waals surface area contributed by atoms with Gasteiger partial charge >= 0.3 is 17.9 Å². The number of rotatable bonds is 10. The highest BCUT2D eigenvalue weighted by atomic mass is 35.5. The first-order valence-corrected chi connectivity index (χ1v) is 15.1. The van der Waals surface area contributed by atoms with Gasteiger partial charge in [0, 0.05) is 38.7 Å². The van der Waals surface area contributed by atoms with Gasteiger partial charge < -0.3 is 20.3 Å². The molecule has 13 heteroatoms. The molecule has 0 bridgehead atoms. The van der Waals surface area contributed by atoms with E-state index in [0.717, 1.165) is 23.8 Å². The number of hydrogen-bond acceptors (Lipinski definition) is 8. The Morgan fingerprint density at radius 2 is 1.64 bits per heavy atom. The van der Waals surface area contributed by atoms with E-state index in [-0.39, 0.29) is 11.6 Å². The molecule has 2 atom stereocenters. The molecular formula is C32H31ClN2O9S. The molecule has 0 saturated heterocycles. The summed E-state index contributed by atoms with van der Waals surface area (Å²) in [6, 6.07) is 17.8. The molecule has 11 nitrogen and oxygen atoms in total. The molecule has 236 valence electrons. The molecule has 1 fully saturated rings. The summed E-state index contributed by atoms with van der Waals surface area (Å²) in [6.45, 7) is 2.03.